The number of carbonyl (C=O) groups excluding carboxylic acids is 1. The van der Waals surface area contributed by atoms with Crippen LogP contribution in [0.25, 0.3) is 5.69 Å². The molecule has 0 saturated carbocycles. The van der Waals surface area contributed by atoms with Crippen LogP contribution in [0.5, 0.6) is 0 Å². The summed E-state index contributed by atoms with van der Waals surface area (Å²) in [6.45, 7) is 1.96. The van der Waals surface area contributed by atoms with Crippen molar-refractivity contribution in [1.29, 1.82) is 0 Å². The van der Waals surface area contributed by atoms with Gasteiger partial charge in [0.1, 0.15) is 18.7 Å². The molecule has 2 heterocycles. The number of aromatic nitrogens is 5. The second kappa shape index (κ2) is 8.59. The first-order valence-corrected chi connectivity index (χ1v) is 7.99. The van der Waals surface area contributed by atoms with Crippen LogP contribution in [0.2, 0.25) is 0 Å². The average molecular weight is 376 g/mol. The van der Waals surface area contributed by atoms with Crippen LogP contribution < -0.4 is 10.6 Å². The first-order chi connectivity index (χ1) is 12.1. The number of aryl methyl sites for hydroxylation is 1. The molecule has 3 rings (SSSR count). The summed E-state index contributed by atoms with van der Waals surface area (Å²) in [5.41, 5.74) is 2.76. The largest absolute Gasteiger partial charge is 0.348 e. The zero-order chi connectivity index (χ0) is 17.8. The van der Waals surface area contributed by atoms with E-state index in [1.807, 2.05) is 44.4 Å². The van der Waals surface area contributed by atoms with E-state index in [1.54, 1.807) is 28.9 Å². The molecule has 0 bridgehead atoms. The molecule has 0 radical (unpaired) electrons. The van der Waals surface area contributed by atoms with Crippen molar-refractivity contribution in [2.75, 3.05) is 7.05 Å². The summed E-state index contributed by atoms with van der Waals surface area (Å²) in [4.78, 5) is 16.5. The predicted octanol–water partition coefficient (Wildman–Crippen LogP) is 1.56. The first kappa shape index (κ1) is 19.6. The van der Waals surface area contributed by atoms with E-state index >= 15 is 0 Å². The van der Waals surface area contributed by atoms with Crippen molar-refractivity contribution < 1.29 is 4.79 Å². The van der Waals surface area contributed by atoms with Gasteiger partial charge in [-0.25, -0.2) is 9.67 Å². The molecule has 0 aliphatic heterocycles. The molecule has 26 heavy (non-hydrogen) atoms. The normalized spacial score (nSPS) is 12.9. The van der Waals surface area contributed by atoms with Crippen LogP contribution in [0, 0.1) is 0 Å². The SMILES string of the molecule is CNC(C(=O)NC(C)c1ccc(-n2cncn2)cc1)c1cnn(C)c1.Cl. The van der Waals surface area contributed by atoms with Gasteiger partial charge in [0.15, 0.2) is 0 Å². The third kappa shape index (κ3) is 4.27. The summed E-state index contributed by atoms with van der Waals surface area (Å²) in [7, 11) is 3.59. The molecular weight excluding hydrogens is 354 g/mol. The molecule has 2 aromatic heterocycles. The van der Waals surface area contributed by atoms with Gasteiger partial charge < -0.3 is 10.6 Å². The van der Waals surface area contributed by atoms with Crippen LogP contribution in [0.15, 0.2) is 49.3 Å². The number of benzene rings is 1. The fourth-order valence-corrected chi connectivity index (χ4v) is 2.68. The van der Waals surface area contributed by atoms with E-state index in [2.05, 4.69) is 25.8 Å². The van der Waals surface area contributed by atoms with E-state index in [-0.39, 0.29) is 24.4 Å². The van der Waals surface area contributed by atoms with E-state index in [4.69, 9.17) is 0 Å². The van der Waals surface area contributed by atoms with Gasteiger partial charge in [-0.05, 0) is 31.7 Å². The molecular formula is C17H22ClN7O. The highest BCUT2D eigenvalue weighted by atomic mass is 35.5. The summed E-state index contributed by atoms with van der Waals surface area (Å²) in [6.07, 6.45) is 6.66. The molecule has 2 N–H and O–H groups in total. The van der Waals surface area contributed by atoms with Crippen molar-refractivity contribution in [3.63, 3.8) is 0 Å². The fourth-order valence-electron chi connectivity index (χ4n) is 2.68. The second-order valence-electron chi connectivity index (χ2n) is 5.83. The van der Waals surface area contributed by atoms with Crippen LogP contribution in [-0.2, 0) is 11.8 Å². The molecule has 138 valence electrons. The molecule has 1 amide bonds. The summed E-state index contributed by atoms with van der Waals surface area (Å²) in [5.74, 6) is -0.0941. The molecule has 0 aliphatic rings. The summed E-state index contributed by atoms with van der Waals surface area (Å²) in [5, 5.41) is 14.3. The minimum Gasteiger partial charge on any atom is -0.348 e. The Kier molecular flexibility index (Phi) is 6.48. The Bertz CT molecular complexity index is 829. The smallest absolute Gasteiger partial charge is 0.242 e. The van der Waals surface area contributed by atoms with Crippen LogP contribution in [0.4, 0.5) is 0 Å². The zero-order valence-corrected chi connectivity index (χ0v) is 15.6. The summed E-state index contributed by atoms with van der Waals surface area (Å²) < 4.78 is 3.37. The highest BCUT2D eigenvalue weighted by Crippen LogP contribution is 2.18. The van der Waals surface area contributed by atoms with Crippen molar-refractivity contribution >= 4 is 18.3 Å². The minimum absolute atomic E-state index is 0. The van der Waals surface area contributed by atoms with Gasteiger partial charge in [0.05, 0.1) is 17.9 Å². The van der Waals surface area contributed by atoms with Gasteiger partial charge in [0.2, 0.25) is 5.91 Å². The highest BCUT2D eigenvalue weighted by Gasteiger charge is 2.22. The van der Waals surface area contributed by atoms with Crippen LogP contribution in [0.1, 0.15) is 30.1 Å². The molecule has 0 fully saturated rings. The predicted molar refractivity (Wildman–Crippen MR) is 100 cm³/mol. The maximum atomic E-state index is 12.6. The number of hydrogen-bond acceptors (Lipinski definition) is 5. The Morgan fingerprint density at radius 1 is 1.15 bits per heavy atom. The minimum atomic E-state index is -0.439. The van der Waals surface area contributed by atoms with Gasteiger partial charge in [-0.2, -0.15) is 10.2 Å². The van der Waals surface area contributed by atoms with E-state index in [0.29, 0.717) is 0 Å². The second-order valence-corrected chi connectivity index (χ2v) is 5.83. The standard InChI is InChI=1S/C17H21N7O.ClH/c1-12(13-4-6-15(7-5-13)24-11-19-10-21-24)22-17(25)16(18-2)14-8-20-23(3)9-14;/h4-12,16,18H,1-3H3,(H,22,25);1H. The molecule has 0 saturated heterocycles. The van der Waals surface area contributed by atoms with Crippen molar-refractivity contribution in [2.45, 2.75) is 19.0 Å². The number of rotatable bonds is 6. The van der Waals surface area contributed by atoms with Gasteiger partial charge in [-0.1, -0.05) is 12.1 Å². The van der Waals surface area contributed by atoms with Crippen molar-refractivity contribution in [2.24, 2.45) is 7.05 Å². The molecule has 1 aromatic carbocycles. The Morgan fingerprint density at radius 2 is 1.88 bits per heavy atom. The number of nitrogens with one attached hydrogen (secondary N) is 2. The zero-order valence-electron chi connectivity index (χ0n) is 14.8. The monoisotopic (exact) mass is 375 g/mol. The van der Waals surface area contributed by atoms with Crippen molar-refractivity contribution in [1.82, 2.24) is 35.2 Å². The lowest BCUT2D eigenvalue weighted by Gasteiger charge is -2.19. The van der Waals surface area contributed by atoms with Crippen LogP contribution in [-0.4, -0.2) is 37.5 Å². The molecule has 3 aromatic rings. The summed E-state index contributed by atoms with van der Waals surface area (Å²) >= 11 is 0. The molecule has 8 nitrogen and oxygen atoms in total. The third-order valence-electron chi connectivity index (χ3n) is 4.04. The number of likely N-dealkylation sites (N-methyl/N-ethyl adjacent to an activating group) is 1. The summed E-state index contributed by atoms with van der Waals surface area (Å²) in [6, 6.07) is 7.28. The number of nitrogens with zero attached hydrogens (tertiary/aromatic N) is 5. The molecule has 0 aliphatic carbocycles. The number of hydrogen-bond donors (Lipinski definition) is 2. The average Bonchev–Trinajstić information content (AvgIpc) is 3.28. The van der Waals surface area contributed by atoms with Crippen LogP contribution in [0.3, 0.4) is 0 Å². The van der Waals surface area contributed by atoms with Gasteiger partial charge >= 0.3 is 0 Å². The Balaban J connectivity index is 0.00000243. The quantitative estimate of drug-likeness (QED) is 0.682. The topological polar surface area (TPSA) is 89.7 Å². The Labute approximate surface area is 158 Å². The Hall–Kier alpha value is -2.71. The highest BCUT2D eigenvalue weighted by molar-refractivity contribution is 5.85. The fraction of sp³-hybridized carbons (Fsp3) is 0.294. The van der Waals surface area contributed by atoms with Gasteiger partial charge in [-0.3, -0.25) is 9.48 Å². The molecule has 9 heteroatoms. The maximum Gasteiger partial charge on any atom is 0.242 e. The van der Waals surface area contributed by atoms with E-state index < -0.39 is 6.04 Å². The number of amides is 1. The molecule has 0 spiro atoms. The number of halogens is 1. The van der Waals surface area contributed by atoms with E-state index in [9.17, 15) is 4.79 Å². The Morgan fingerprint density at radius 3 is 2.42 bits per heavy atom. The maximum absolute atomic E-state index is 12.6. The van der Waals surface area contributed by atoms with Crippen molar-refractivity contribution in [3.05, 3.63) is 60.4 Å². The lowest BCUT2D eigenvalue weighted by atomic mass is 10.1. The van der Waals surface area contributed by atoms with Crippen molar-refractivity contribution in [3.8, 4) is 5.69 Å². The van der Waals surface area contributed by atoms with Gasteiger partial charge in [0, 0.05) is 18.8 Å². The van der Waals surface area contributed by atoms with Crippen LogP contribution >= 0.6 is 12.4 Å². The van der Waals surface area contributed by atoms with E-state index in [1.165, 1.54) is 6.33 Å². The third-order valence-corrected chi connectivity index (χ3v) is 4.04. The van der Waals surface area contributed by atoms with Gasteiger partial charge in [0.25, 0.3) is 0 Å². The lowest BCUT2D eigenvalue weighted by Crippen LogP contribution is -2.37. The number of carbonyl (C=O) groups is 1. The lowest BCUT2D eigenvalue weighted by molar-refractivity contribution is -0.123. The van der Waals surface area contributed by atoms with E-state index in [0.717, 1.165) is 16.8 Å². The van der Waals surface area contributed by atoms with Gasteiger partial charge in [-0.15, -0.1) is 12.4 Å². The molecule has 2 atom stereocenters. The molecule has 2 unspecified atom stereocenters. The first-order valence-electron chi connectivity index (χ1n) is 7.99.